The predicted molar refractivity (Wildman–Crippen MR) is 133 cm³/mol. The highest BCUT2D eigenvalue weighted by atomic mass is 35.5. The van der Waals surface area contributed by atoms with E-state index in [9.17, 15) is 4.79 Å². The molecule has 2 atom stereocenters. The van der Waals surface area contributed by atoms with Gasteiger partial charge < -0.3 is 25.1 Å². The molecule has 0 spiro atoms. The van der Waals surface area contributed by atoms with Crippen LogP contribution in [0.4, 0.5) is 11.4 Å². The van der Waals surface area contributed by atoms with Crippen LogP contribution in [-0.4, -0.2) is 46.2 Å². The van der Waals surface area contributed by atoms with E-state index in [1.54, 1.807) is 6.20 Å². The van der Waals surface area contributed by atoms with Gasteiger partial charge in [0.25, 0.3) is 5.91 Å². The number of nitrogens with one attached hydrogen (secondary N) is 3. The van der Waals surface area contributed by atoms with Crippen molar-refractivity contribution in [2.45, 2.75) is 31.4 Å². The molecular weight excluding hydrogens is 466 g/mol. The van der Waals surface area contributed by atoms with Crippen LogP contribution in [0, 0.1) is 6.92 Å². The first-order valence-corrected chi connectivity index (χ1v) is 12.0. The second-order valence-electron chi connectivity index (χ2n) is 9.28. The number of aromatic nitrogens is 3. The van der Waals surface area contributed by atoms with Gasteiger partial charge in [0.2, 0.25) is 5.88 Å². The molecule has 5 heterocycles. The molecule has 0 radical (unpaired) electrons. The summed E-state index contributed by atoms with van der Waals surface area (Å²) in [5, 5.41) is 7.30. The molecule has 2 fully saturated rings. The van der Waals surface area contributed by atoms with Gasteiger partial charge in [-0.3, -0.25) is 9.78 Å². The number of nitrogens with zero attached hydrogens (tertiary/aromatic N) is 2. The maximum absolute atomic E-state index is 13.2. The number of anilines is 2. The summed E-state index contributed by atoms with van der Waals surface area (Å²) < 4.78 is 11.2. The van der Waals surface area contributed by atoms with E-state index in [0.29, 0.717) is 40.9 Å². The zero-order valence-corrected chi connectivity index (χ0v) is 19.6. The number of aromatic amines is 1. The quantitative estimate of drug-likeness (QED) is 0.377. The van der Waals surface area contributed by atoms with E-state index < -0.39 is 0 Å². The van der Waals surface area contributed by atoms with Crippen molar-refractivity contribution < 1.29 is 14.3 Å². The third kappa shape index (κ3) is 3.36. The van der Waals surface area contributed by atoms with Crippen LogP contribution in [0.3, 0.4) is 0 Å². The van der Waals surface area contributed by atoms with E-state index in [0.717, 1.165) is 40.1 Å². The number of carbonyl (C=O) groups excluding carboxylic acids is 1. The van der Waals surface area contributed by atoms with Crippen LogP contribution in [0.5, 0.6) is 5.88 Å². The Morgan fingerprint density at radius 1 is 1.20 bits per heavy atom. The number of carbonyl (C=O) groups is 1. The summed E-state index contributed by atoms with van der Waals surface area (Å²) in [7, 11) is 0. The van der Waals surface area contributed by atoms with Crippen molar-refractivity contribution in [2.75, 3.05) is 18.5 Å². The highest BCUT2D eigenvalue weighted by molar-refractivity contribution is 6.31. The molecule has 2 aliphatic heterocycles. The van der Waals surface area contributed by atoms with Crippen molar-refractivity contribution in [3.63, 3.8) is 0 Å². The number of benzene rings is 1. The zero-order chi connectivity index (χ0) is 23.7. The fourth-order valence-corrected chi connectivity index (χ4v) is 5.05. The van der Waals surface area contributed by atoms with E-state index >= 15 is 0 Å². The van der Waals surface area contributed by atoms with Crippen molar-refractivity contribution in [2.24, 2.45) is 0 Å². The average molecular weight is 488 g/mol. The molecule has 7 rings (SSSR count). The molecule has 1 saturated heterocycles. The summed E-state index contributed by atoms with van der Waals surface area (Å²) in [4.78, 5) is 26.0. The summed E-state index contributed by atoms with van der Waals surface area (Å²) in [6.07, 6.45) is 2.70. The minimum atomic E-state index is -0.0799. The highest BCUT2D eigenvalue weighted by Gasteiger charge is 2.48. The summed E-state index contributed by atoms with van der Waals surface area (Å²) in [6.45, 7) is 3.08. The largest absolute Gasteiger partial charge is 0.469 e. The lowest BCUT2D eigenvalue weighted by Crippen LogP contribution is -2.38. The molecule has 1 aliphatic carbocycles. The van der Waals surface area contributed by atoms with Gasteiger partial charge in [-0.1, -0.05) is 17.7 Å². The molecule has 4 aromatic rings. The zero-order valence-electron chi connectivity index (χ0n) is 18.9. The highest BCUT2D eigenvalue weighted by Crippen LogP contribution is 2.50. The molecule has 35 heavy (non-hydrogen) atoms. The lowest BCUT2D eigenvalue weighted by Gasteiger charge is -2.26. The van der Waals surface area contributed by atoms with E-state index in [4.69, 9.17) is 26.1 Å². The first kappa shape index (κ1) is 20.7. The smallest absolute Gasteiger partial charge is 0.255 e. The predicted octanol–water partition coefficient (Wildman–Crippen LogP) is 4.71. The van der Waals surface area contributed by atoms with Crippen molar-refractivity contribution in [1.29, 1.82) is 0 Å². The fraction of sp³-hybridized carbons (Fsp3) is 0.269. The summed E-state index contributed by atoms with van der Waals surface area (Å²) in [6, 6.07) is 11.5. The Balaban J connectivity index is 1.41. The second kappa shape index (κ2) is 7.69. The van der Waals surface area contributed by atoms with Gasteiger partial charge in [0.15, 0.2) is 0 Å². The van der Waals surface area contributed by atoms with Gasteiger partial charge in [0, 0.05) is 46.2 Å². The van der Waals surface area contributed by atoms with Crippen LogP contribution in [0.1, 0.15) is 34.0 Å². The molecule has 3 N–H and O–H groups in total. The third-order valence-electron chi connectivity index (χ3n) is 6.98. The molecule has 1 aromatic carbocycles. The summed E-state index contributed by atoms with van der Waals surface area (Å²) >= 11 is 6.40. The Labute approximate surface area is 206 Å². The topological polar surface area (TPSA) is 101 Å². The van der Waals surface area contributed by atoms with Gasteiger partial charge in [0.1, 0.15) is 11.6 Å². The van der Waals surface area contributed by atoms with Gasteiger partial charge in [-0.2, -0.15) is 0 Å². The van der Waals surface area contributed by atoms with Gasteiger partial charge in [-0.25, -0.2) is 4.98 Å². The summed E-state index contributed by atoms with van der Waals surface area (Å²) in [5.41, 5.74) is 7.13. The average Bonchev–Trinajstić information content (AvgIpc) is 3.50. The number of hydrogen-bond donors (Lipinski definition) is 3. The molecule has 0 unspecified atom stereocenters. The Bertz CT molecular complexity index is 1510. The number of pyridine rings is 2. The van der Waals surface area contributed by atoms with Crippen LogP contribution in [0.15, 0.2) is 42.6 Å². The van der Waals surface area contributed by atoms with Crippen LogP contribution in [0.2, 0.25) is 5.02 Å². The first-order valence-electron chi connectivity index (χ1n) is 11.7. The number of halogens is 1. The van der Waals surface area contributed by atoms with Gasteiger partial charge in [-0.05, 0) is 43.2 Å². The number of H-pyrrole nitrogens is 1. The van der Waals surface area contributed by atoms with Gasteiger partial charge >= 0.3 is 0 Å². The molecular formula is C26H22ClN5O3. The number of fused-ring (bicyclic) bond motifs is 4. The van der Waals surface area contributed by atoms with Crippen molar-refractivity contribution in [1.82, 2.24) is 20.3 Å². The first-order chi connectivity index (χ1) is 17.1. The number of hydrogen-bond acceptors (Lipinski definition) is 6. The number of ether oxygens (including phenoxy) is 2. The Morgan fingerprint density at radius 3 is 2.91 bits per heavy atom. The van der Waals surface area contributed by atoms with E-state index in [2.05, 4.69) is 20.6 Å². The molecule has 1 amide bonds. The minimum Gasteiger partial charge on any atom is -0.469 e. The van der Waals surface area contributed by atoms with E-state index in [-0.39, 0.29) is 24.0 Å². The summed E-state index contributed by atoms with van der Waals surface area (Å²) in [5.74, 6) is 0.733. The van der Waals surface area contributed by atoms with E-state index in [1.165, 1.54) is 0 Å². The molecule has 0 bridgehead atoms. The Morgan fingerprint density at radius 2 is 2.09 bits per heavy atom. The standard InChI is InChI=1S/C26H22ClN5O3/c1-12-16(27)3-2-4-17(12)29-25-21-23(15-9-19(15)30-26(21)33)32-24(25)14-7-8-28-18-5-6-20(31-22(14)18)35-13-10-34-11-13/h2-8,13,15,19,29,32H,9-11H2,1H3,(H,30,33)/t15-,19+/m1/s1. The number of amides is 1. The van der Waals surface area contributed by atoms with Crippen molar-refractivity contribution in [3.05, 3.63) is 64.4 Å². The van der Waals surface area contributed by atoms with Crippen molar-refractivity contribution >= 4 is 39.9 Å². The molecule has 8 nitrogen and oxygen atoms in total. The molecule has 176 valence electrons. The van der Waals surface area contributed by atoms with Gasteiger partial charge in [-0.15, -0.1) is 0 Å². The Kier molecular flexibility index (Phi) is 4.56. The maximum Gasteiger partial charge on any atom is 0.255 e. The van der Waals surface area contributed by atoms with E-state index in [1.807, 2.05) is 43.3 Å². The maximum atomic E-state index is 13.2. The lowest BCUT2D eigenvalue weighted by atomic mass is 10.0. The molecule has 9 heteroatoms. The molecule has 3 aliphatic rings. The van der Waals surface area contributed by atoms with Crippen LogP contribution in [-0.2, 0) is 4.74 Å². The SMILES string of the molecule is Cc1c(Cl)cccc1Nc1c(-c2ccnc3ccc(OC4COC4)nc23)[nH]c2c1C(=O)N[C@H]1C[C@@H]21. The van der Waals surface area contributed by atoms with Crippen molar-refractivity contribution in [3.8, 4) is 17.1 Å². The fourth-order valence-electron chi connectivity index (χ4n) is 4.88. The molecule has 1 saturated carbocycles. The van der Waals surface area contributed by atoms with Crippen LogP contribution in [0.25, 0.3) is 22.3 Å². The normalized spacial score (nSPS) is 20.6. The van der Waals surface area contributed by atoms with Gasteiger partial charge in [0.05, 0.1) is 35.7 Å². The third-order valence-corrected chi connectivity index (χ3v) is 7.39. The monoisotopic (exact) mass is 487 g/mol. The Hall–Kier alpha value is -3.62. The molecule has 3 aromatic heterocycles. The van der Waals surface area contributed by atoms with Crippen LogP contribution < -0.4 is 15.4 Å². The lowest BCUT2D eigenvalue weighted by molar-refractivity contribution is -0.0812. The second-order valence-corrected chi connectivity index (χ2v) is 9.68. The number of rotatable bonds is 5. The minimum absolute atomic E-state index is 0.0106. The van der Waals surface area contributed by atoms with Crippen LogP contribution >= 0.6 is 11.6 Å².